The molecule has 0 unspecified atom stereocenters. The van der Waals surface area contributed by atoms with Crippen LogP contribution in [-0.2, 0) is 14.8 Å². The zero-order chi connectivity index (χ0) is 15.5. The molecule has 2 aliphatic heterocycles. The predicted octanol–water partition coefficient (Wildman–Crippen LogP) is -1.06. The number of nitrogens with zero attached hydrogens (tertiary/aromatic N) is 3. The Labute approximate surface area is 126 Å². The predicted molar refractivity (Wildman–Crippen MR) is 79.3 cm³/mol. The first-order valence-electron chi connectivity index (χ1n) is 7.58. The fourth-order valence-corrected chi connectivity index (χ4v) is 4.19. The van der Waals surface area contributed by atoms with E-state index < -0.39 is 10.0 Å². The molecule has 2 aliphatic rings. The van der Waals surface area contributed by atoms with Crippen molar-refractivity contribution in [2.75, 3.05) is 51.6 Å². The number of aliphatic hydroxyl groups is 1. The van der Waals surface area contributed by atoms with Gasteiger partial charge in [0.05, 0.1) is 18.4 Å². The first-order chi connectivity index (χ1) is 9.92. The molecule has 1 atom stereocenters. The van der Waals surface area contributed by atoms with Crippen LogP contribution in [0.15, 0.2) is 0 Å². The summed E-state index contributed by atoms with van der Waals surface area (Å²) in [6.45, 7) is 5.67. The molecule has 0 radical (unpaired) electrons. The van der Waals surface area contributed by atoms with Crippen molar-refractivity contribution in [1.29, 1.82) is 0 Å². The largest absolute Gasteiger partial charge is 0.392 e. The zero-order valence-corrected chi connectivity index (χ0v) is 13.4. The molecule has 0 aromatic rings. The number of sulfonamides is 1. The topological polar surface area (TPSA) is 81.2 Å². The second-order valence-electron chi connectivity index (χ2n) is 5.75. The molecule has 0 aliphatic carbocycles. The lowest BCUT2D eigenvalue weighted by molar-refractivity contribution is -0.133. The minimum atomic E-state index is -3.21. The van der Waals surface area contributed by atoms with Crippen molar-refractivity contribution in [2.45, 2.75) is 25.9 Å². The number of β-amino-alcohol motifs (C(OH)–C–C–N with tert-alkyl or cyclic N) is 1. The highest BCUT2D eigenvalue weighted by Gasteiger charge is 2.32. The van der Waals surface area contributed by atoms with E-state index in [-0.39, 0.29) is 24.3 Å². The van der Waals surface area contributed by atoms with Crippen LogP contribution in [0.25, 0.3) is 0 Å². The quantitative estimate of drug-likeness (QED) is 0.698. The molecule has 2 heterocycles. The average molecular weight is 319 g/mol. The van der Waals surface area contributed by atoms with Crippen LogP contribution in [0, 0.1) is 0 Å². The number of carbonyl (C=O) groups excluding carboxylic acids is 1. The molecule has 7 nitrogen and oxygen atoms in total. The molecule has 0 bridgehead atoms. The van der Waals surface area contributed by atoms with Crippen molar-refractivity contribution in [3.63, 3.8) is 0 Å². The number of carbonyl (C=O) groups is 1. The Morgan fingerprint density at radius 3 is 2.38 bits per heavy atom. The number of amides is 1. The van der Waals surface area contributed by atoms with Gasteiger partial charge in [0.1, 0.15) is 0 Å². The standard InChI is InChI=1S/C13H25N3O4S/c1-2-12(17)10-14-5-7-15(8-6-14)13(18)11-16-4-3-9-21(16,19)20/h12,17H,2-11H2,1H3/t12-/m1/s1. The Balaban J connectivity index is 1.78. The van der Waals surface area contributed by atoms with Gasteiger partial charge in [-0.15, -0.1) is 0 Å². The van der Waals surface area contributed by atoms with Gasteiger partial charge in [0.15, 0.2) is 0 Å². The Kier molecular flexibility index (Phi) is 5.59. The van der Waals surface area contributed by atoms with Crippen molar-refractivity contribution < 1.29 is 18.3 Å². The Morgan fingerprint density at radius 1 is 1.19 bits per heavy atom. The summed E-state index contributed by atoms with van der Waals surface area (Å²) in [6, 6.07) is 0. The molecule has 2 fully saturated rings. The summed E-state index contributed by atoms with van der Waals surface area (Å²) in [4.78, 5) is 16.0. The van der Waals surface area contributed by atoms with Gasteiger partial charge >= 0.3 is 0 Å². The van der Waals surface area contributed by atoms with Gasteiger partial charge in [-0.25, -0.2) is 8.42 Å². The first kappa shape index (κ1) is 16.7. The highest BCUT2D eigenvalue weighted by Crippen LogP contribution is 2.14. The summed E-state index contributed by atoms with van der Waals surface area (Å²) in [6.07, 6.45) is 1.02. The lowest BCUT2D eigenvalue weighted by atomic mass is 10.2. The summed E-state index contributed by atoms with van der Waals surface area (Å²) >= 11 is 0. The first-order valence-corrected chi connectivity index (χ1v) is 9.19. The lowest BCUT2D eigenvalue weighted by Gasteiger charge is -2.36. The molecule has 0 aromatic carbocycles. The van der Waals surface area contributed by atoms with E-state index >= 15 is 0 Å². The SMILES string of the molecule is CC[C@@H](O)CN1CCN(C(=O)CN2CCCS2(=O)=O)CC1. The second-order valence-corrected chi connectivity index (χ2v) is 7.84. The van der Waals surface area contributed by atoms with E-state index in [1.54, 1.807) is 4.90 Å². The smallest absolute Gasteiger partial charge is 0.237 e. The zero-order valence-electron chi connectivity index (χ0n) is 12.6. The van der Waals surface area contributed by atoms with Crippen LogP contribution in [-0.4, -0.2) is 91.2 Å². The summed E-state index contributed by atoms with van der Waals surface area (Å²) < 4.78 is 24.7. The summed E-state index contributed by atoms with van der Waals surface area (Å²) in [5, 5.41) is 9.64. The van der Waals surface area contributed by atoms with Gasteiger partial charge in [0.2, 0.25) is 15.9 Å². The number of piperazine rings is 1. The third kappa shape index (κ3) is 4.38. The van der Waals surface area contributed by atoms with Gasteiger partial charge in [-0.2, -0.15) is 4.31 Å². The molecule has 2 rings (SSSR count). The Hall–Kier alpha value is -0.700. The molecule has 2 saturated heterocycles. The van der Waals surface area contributed by atoms with E-state index in [2.05, 4.69) is 4.90 Å². The minimum Gasteiger partial charge on any atom is -0.392 e. The average Bonchev–Trinajstić information content (AvgIpc) is 2.78. The van der Waals surface area contributed by atoms with E-state index in [0.717, 1.165) is 19.5 Å². The van der Waals surface area contributed by atoms with E-state index in [0.29, 0.717) is 32.6 Å². The second kappa shape index (κ2) is 7.04. The Bertz CT molecular complexity index is 460. The van der Waals surface area contributed by atoms with Gasteiger partial charge in [-0.3, -0.25) is 9.69 Å². The Morgan fingerprint density at radius 2 is 1.86 bits per heavy atom. The number of hydrogen-bond donors (Lipinski definition) is 1. The molecule has 0 saturated carbocycles. The van der Waals surface area contributed by atoms with Crippen LogP contribution in [0.5, 0.6) is 0 Å². The highest BCUT2D eigenvalue weighted by molar-refractivity contribution is 7.89. The number of rotatable bonds is 5. The van der Waals surface area contributed by atoms with Crippen molar-refractivity contribution in [3.8, 4) is 0 Å². The van der Waals surface area contributed by atoms with Crippen LogP contribution in [0.2, 0.25) is 0 Å². The molecule has 8 heteroatoms. The summed E-state index contributed by atoms with van der Waals surface area (Å²) in [5.41, 5.74) is 0. The molecule has 21 heavy (non-hydrogen) atoms. The fourth-order valence-electron chi connectivity index (χ4n) is 2.73. The number of hydrogen-bond acceptors (Lipinski definition) is 5. The third-order valence-electron chi connectivity index (χ3n) is 4.18. The normalized spacial score (nSPS) is 25.1. The maximum atomic E-state index is 12.2. The molecule has 0 aromatic heterocycles. The van der Waals surface area contributed by atoms with Crippen molar-refractivity contribution >= 4 is 15.9 Å². The van der Waals surface area contributed by atoms with Crippen LogP contribution in [0.4, 0.5) is 0 Å². The van der Waals surface area contributed by atoms with Crippen LogP contribution >= 0.6 is 0 Å². The van der Waals surface area contributed by atoms with Crippen LogP contribution < -0.4 is 0 Å². The molecular formula is C13H25N3O4S. The summed E-state index contributed by atoms with van der Waals surface area (Å²) in [7, 11) is -3.21. The van der Waals surface area contributed by atoms with Gasteiger partial charge in [0.25, 0.3) is 0 Å². The van der Waals surface area contributed by atoms with Crippen LogP contribution in [0.1, 0.15) is 19.8 Å². The van der Waals surface area contributed by atoms with Gasteiger partial charge in [-0.05, 0) is 12.8 Å². The van der Waals surface area contributed by atoms with Crippen molar-refractivity contribution in [1.82, 2.24) is 14.1 Å². The fraction of sp³-hybridized carbons (Fsp3) is 0.923. The van der Waals surface area contributed by atoms with E-state index in [4.69, 9.17) is 0 Å². The maximum absolute atomic E-state index is 12.2. The maximum Gasteiger partial charge on any atom is 0.237 e. The van der Waals surface area contributed by atoms with Crippen molar-refractivity contribution in [2.24, 2.45) is 0 Å². The number of aliphatic hydroxyl groups excluding tert-OH is 1. The van der Waals surface area contributed by atoms with Gasteiger partial charge in [0, 0.05) is 39.3 Å². The van der Waals surface area contributed by atoms with E-state index in [1.807, 2.05) is 6.92 Å². The minimum absolute atomic E-state index is 0.0279. The molecule has 122 valence electrons. The summed E-state index contributed by atoms with van der Waals surface area (Å²) in [5.74, 6) is 0.0411. The van der Waals surface area contributed by atoms with Crippen molar-refractivity contribution in [3.05, 3.63) is 0 Å². The highest BCUT2D eigenvalue weighted by atomic mass is 32.2. The molecular weight excluding hydrogens is 294 g/mol. The van der Waals surface area contributed by atoms with E-state index in [1.165, 1.54) is 4.31 Å². The monoisotopic (exact) mass is 319 g/mol. The molecule has 1 N–H and O–H groups in total. The third-order valence-corrected chi connectivity index (χ3v) is 6.08. The van der Waals surface area contributed by atoms with Gasteiger partial charge in [-0.1, -0.05) is 6.92 Å². The lowest BCUT2D eigenvalue weighted by Crippen LogP contribution is -2.52. The van der Waals surface area contributed by atoms with Gasteiger partial charge < -0.3 is 10.0 Å². The van der Waals surface area contributed by atoms with E-state index in [9.17, 15) is 18.3 Å². The molecule has 1 amide bonds. The van der Waals surface area contributed by atoms with Crippen LogP contribution in [0.3, 0.4) is 0 Å². The molecule has 0 spiro atoms.